The smallest absolute Gasteiger partial charge is 0.319 e. The minimum Gasteiger partial charge on any atom is -0.338 e. The number of hydrogen-bond donors (Lipinski definition) is 4. The van der Waals surface area contributed by atoms with Crippen molar-refractivity contribution in [2.75, 3.05) is 29.7 Å². The third-order valence-electron chi connectivity index (χ3n) is 4.09. The number of nitrogens with one attached hydrogen (secondary N) is 4. The minimum atomic E-state index is -3.69. The van der Waals surface area contributed by atoms with Gasteiger partial charge in [0.25, 0.3) is 10.0 Å². The van der Waals surface area contributed by atoms with Crippen LogP contribution < -0.4 is 20.7 Å². The van der Waals surface area contributed by atoms with E-state index in [9.17, 15) is 13.2 Å². The maximum absolute atomic E-state index is 12.3. The van der Waals surface area contributed by atoms with E-state index in [1.165, 1.54) is 29.7 Å². The van der Waals surface area contributed by atoms with Crippen molar-refractivity contribution in [3.63, 3.8) is 0 Å². The molecule has 0 bridgehead atoms. The number of nitrogens with zero attached hydrogens (tertiary/aromatic N) is 1. The summed E-state index contributed by atoms with van der Waals surface area (Å²) in [6.45, 7) is 2.61. The van der Waals surface area contributed by atoms with Crippen LogP contribution in [0.3, 0.4) is 0 Å². The van der Waals surface area contributed by atoms with Crippen LogP contribution in [0.2, 0.25) is 0 Å². The summed E-state index contributed by atoms with van der Waals surface area (Å²) in [5, 5.41) is 10.9. The number of aromatic nitrogens is 1. The standard InChI is InChI=1S/C16H21N5O3S2/c22-15(19-11-12-5-7-17-8-6-12)20-13-1-3-14(4-2-13)26(23,24)21-16-18-9-10-25-16/h1-4,9-10,12,17H,5-8,11H2,(H,18,21)(H2,19,20,22). The molecule has 2 amide bonds. The molecule has 8 nitrogen and oxygen atoms in total. The van der Waals surface area contributed by atoms with Gasteiger partial charge in [-0.3, -0.25) is 4.72 Å². The van der Waals surface area contributed by atoms with Crippen LogP contribution in [0.5, 0.6) is 0 Å². The average Bonchev–Trinajstić information content (AvgIpc) is 3.14. The number of urea groups is 1. The predicted molar refractivity (Wildman–Crippen MR) is 102 cm³/mol. The third kappa shape index (κ3) is 5.16. The Morgan fingerprint density at radius 2 is 1.96 bits per heavy atom. The van der Waals surface area contributed by atoms with Crippen molar-refractivity contribution < 1.29 is 13.2 Å². The Balaban J connectivity index is 1.52. The average molecular weight is 396 g/mol. The highest BCUT2D eigenvalue weighted by Gasteiger charge is 2.16. The van der Waals surface area contributed by atoms with Gasteiger partial charge in [0.15, 0.2) is 5.13 Å². The lowest BCUT2D eigenvalue weighted by Crippen LogP contribution is -2.37. The van der Waals surface area contributed by atoms with Crippen LogP contribution in [0.25, 0.3) is 0 Å². The fourth-order valence-corrected chi connectivity index (χ4v) is 4.45. The van der Waals surface area contributed by atoms with Crippen molar-refractivity contribution in [2.45, 2.75) is 17.7 Å². The van der Waals surface area contributed by atoms with E-state index in [0.717, 1.165) is 25.9 Å². The Morgan fingerprint density at radius 3 is 2.62 bits per heavy atom. The van der Waals surface area contributed by atoms with E-state index in [1.54, 1.807) is 17.5 Å². The molecule has 1 aliphatic heterocycles. The van der Waals surface area contributed by atoms with Gasteiger partial charge in [0.05, 0.1) is 4.90 Å². The number of piperidine rings is 1. The van der Waals surface area contributed by atoms with E-state index >= 15 is 0 Å². The molecule has 1 aromatic heterocycles. The molecule has 26 heavy (non-hydrogen) atoms. The van der Waals surface area contributed by atoms with Crippen LogP contribution in [0.15, 0.2) is 40.7 Å². The molecule has 0 aliphatic carbocycles. The molecule has 0 unspecified atom stereocenters. The van der Waals surface area contributed by atoms with Crippen LogP contribution in [0.1, 0.15) is 12.8 Å². The van der Waals surface area contributed by atoms with E-state index in [0.29, 0.717) is 23.3 Å². The summed E-state index contributed by atoms with van der Waals surface area (Å²) in [5.74, 6) is 0.492. The number of carbonyl (C=O) groups is 1. The summed E-state index contributed by atoms with van der Waals surface area (Å²) in [5.41, 5.74) is 0.529. The van der Waals surface area contributed by atoms with Gasteiger partial charge in [-0.05, 0) is 56.1 Å². The number of rotatable bonds is 6. The Kier molecular flexibility index (Phi) is 6.07. The number of anilines is 2. The lowest BCUT2D eigenvalue weighted by Gasteiger charge is -2.22. The first-order valence-electron chi connectivity index (χ1n) is 8.31. The fraction of sp³-hybridized carbons (Fsp3) is 0.375. The van der Waals surface area contributed by atoms with Gasteiger partial charge in [0.1, 0.15) is 0 Å². The fourth-order valence-electron chi connectivity index (χ4n) is 2.66. The lowest BCUT2D eigenvalue weighted by molar-refractivity contribution is 0.248. The van der Waals surface area contributed by atoms with E-state index in [-0.39, 0.29) is 10.9 Å². The molecule has 2 aromatic rings. The van der Waals surface area contributed by atoms with Gasteiger partial charge < -0.3 is 16.0 Å². The maximum atomic E-state index is 12.3. The van der Waals surface area contributed by atoms with Crippen LogP contribution in [-0.4, -0.2) is 39.1 Å². The van der Waals surface area contributed by atoms with E-state index in [1.807, 2.05) is 0 Å². The number of sulfonamides is 1. The molecule has 140 valence electrons. The van der Waals surface area contributed by atoms with Gasteiger partial charge >= 0.3 is 6.03 Å². The van der Waals surface area contributed by atoms with E-state index < -0.39 is 10.0 Å². The predicted octanol–water partition coefficient (Wildman–Crippen LogP) is 2.06. The van der Waals surface area contributed by atoms with E-state index in [2.05, 4.69) is 25.7 Å². The van der Waals surface area contributed by atoms with Crippen molar-refractivity contribution in [3.05, 3.63) is 35.8 Å². The van der Waals surface area contributed by atoms with Gasteiger partial charge in [0, 0.05) is 23.8 Å². The van der Waals surface area contributed by atoms with Crippen molar-refractivity contribution >= 4 is 38.2 Å². The molecule has 10 heteroatoms. The molecule has 0 spiro atoms. The number of amides is 2. The van der Waals surface area contributed by atoms with Gasteiger partial charge in [0.2, 0.25) is 0 Å². The molecule has 0 radical (unpaired) electrons. The molecule has 0 saturated carbocycles. The zero-order valence-electron chi connectivity index (χ0n) is 14.1. The van der Waals surface area contributed by atoms with Gasteiger partial charge in [-0.1, -0.05) is 0 Å². The van der Waals surface area contributed by atoms with E-state index in [4.69, 9.17) is 0 Å². The quantitative estimate of drug-likeness (QED) is 0.598. The number of hydrogen-bond acceptors (Lipinski definition) is 6. The first-order valence-corrected chi connectivity index (χ1v) is 10.7. The first kappa shape index (κ1) is 18.6. The molecule has 2 heterocycles. The molecule has 3 rings (SSSR count). The SMILES string of the molecule is O=C(NCC1CCNCC1)Nc1ccc(S(=O)(=O)Nc2nccs2)cc1. The summed E-state index contributed by atoms with van der Waals surface area (Å²) < 4.78 is 26.9. The molecule has 0 atom stereocenters. The Bertz CT molecular complexity index is 816. The normalized spacial score (nSPS) is 15.4. The monoisotopic (exact) mass is 395 g/mol. The van der Waals surface area contributed by atoms with Gasteiger partial charge in [-0.15, -0.1) is 11.3 Å². The minimum absolute atomic E-state index is 0.105. The second-order valence-corrected chi connectivity index (χ2v) is 8.57. The highest BCUT2D eigenvalue weighted by atomic mass is 32.2. The van der Waals surface area contributed by atoms with Crippen LogP contribution in [0.4, 0.5) is 15.6 Å². The van der Waals surface area contributed by atoms with Crippen LogP contribution >= 0.6 is 11.3 Å². The highest BCUT2D eigenvalue weighted by molar-refractivity contribution is 7.93. The summed E-state index contributed by atoms with van der Waals surface area (Å²) in [6, 6.07) is 5.71. The van der Waals surface area contributed by atoms with Crippen molar-refractivity contribution in [1.29, 1.82) is 0 Å². The first-order chi connectivity index (χ1) is 12.5. The number of carbonyl (C=O) groups excluding carboxylic acids is 1. The molecular weight excluding hydrogens is 374 g/mol. The Hall–Kier alpha value is -2.17. The molecule has 1 aliphatic rings. The molecular formula is C16H21N5O3S2. The summed E-state index contributed by atoms with van der Waals surface area (Å²) >= 11 is 1.20. The second kappa shape index (κ2) is 8.47. The summed E-state index contributed by atoms with van der Waals surface area (Å²) in [4.78, 5) is 16.0. The number of thiazole rings is 1. The second-order valence-electron chi connectivity index (χ2n) is 6.00. The molecule has 4 N–H and O–H groups in total. The molecule has 1 fully saturated rings. The zero-order valence-corrected chi connectivity index (χ0v) is 15.7. The Labute approximate surface area is 156 Å². The van der Waals surface area contributed by atoms with Gasteiger partial charge in [-0.2, -0.15) is 0 Å². The largest absolute Gasteiger partial charge is 0.338 e. The maximum Gasteiger partial charge on any atom is 0.319 e. The highest BCUT2D eigenvalue weighted by Crippen LogP contribution is 2.19. The topological polar surface area (TPSA) is 112 Å². The summed E-state index contributed by atoms with van der Waals surface area (Å²) in [6.07, 6.45) is 3.63. The van der Waals surface area contributed by atoms with Gasteiger partial charge in [-0.25, -0.2) is 18.2 Å². The molecule has 1 saturated heterocycles. The van der Waals surface area contributed by atoms with Crippen molar-refractivity contribution in [2.24, 2.45) is 5.92 Å². The zero-order chi connectivity index (χ0) is 18.4. The third-order valence-corrected chi connectivity index (χ3v) is 6.26. The Morgan fingerprint density at radius 1 is 1.23 bits per heavy atom. The van der Waals surface area contributed by atoms with Crippen molar-refractivity contribution in [1.82, 2.24) is 15.6 Å². The van der Waals surface area contributed by atoms with Crippen LogP contribution in [-0.2, 0) is 10.0 Å². The number of benzene rings is 1. The van der Waals surface area contributed by atoms with Crippen molar-refractivity contribution in [3.8, 4) is 0 Å². The summed E-state index contributed by atoms with van der Waals surface area (Å²) in [7, 11) is -3.69. The lowest BCUT2D eigenvalue weighted by atomic mass is 9.98. The van der Waals surface area contributed by atoms with Crippen LogP contribution in [0, 0.1) is 5.92 Å². The molecule has 1 aromatic carbocycles.